The minimum atomic E-state index is -0.329. The lowest BCUT2D eigenvalue weighted by molar-refractivity contribution is -0.114. The highest BCUT2D eigenvalue weighted by Crippen LogP contribution is 2.20. The summed E-state index contributed by atoms with van der Waals surface area (Å²) in [5.74, 6) is 2.86. The summed E-state index contributed by atoms with van der Waals surface area (Å²) in [5, 5.41) is 9.24. The molecule has 3 N–H and O–H groups in total. The van der Waals surface area contributed by atoms with Crippen molar-refractivity contribution in [1.82, 2.24) is 15.6 Å². The van der Waals surface area contributed by atoms with Gasteiger partial charge < -0.3 is 20.9 Å². The summed E-state index contributed by atoms with van der Waals surface area (Å²) in [7, 11) is 0. The van der Waals surface area contributed by atoms with Crippen molar-refractivity contribution in [1.29, 1.82) is 0 Å². The molecule has 0 bridgehead atoms. The fraction of sp³-hybridized carbons (Fsp3) is 0.318. The molecular formula is C22H25FN6O. The third-order valence-corrected chi connectivity index (χ3v) is 4.61. The number of pyridine rings is 1. The molecule has 30 heavy (non-hydrogen) atoms. The SMILES string of the molecule is C#Cc1cccc(NC(=O)CN=C(NCC)NC2CCN(c3ncccc3F)C2)c1. The molecule has 0 aliphatic carbocycles. The van der Waals surface area contributed by atoms with Crippen LogP contribution in [0.5, 0.6) is 0 Å². The molecule has 0 radical (unpaired) electrons. The second-order valence-corrected chi connectivity index (χ2v) is 6.85. The molecule has 8 heteroatoms. The molecule has 1 unspecified atom stereocenters. The van der Waals surface area contributed by atoms with Gasteiger partial charge in [-0.25, -0.2) is 14.4 Å². The summed E-state index contributed by atoms with van der Waals surface area (Å²) in [6.07, 6.45) is 7.78. The third kappa shape index (κ3) is 5.70. The average Bonchev–Trinajstić information content (AvgIpc) is 3.21. The zero-order valence-corrected chi connectivity index (χ0v) is 16.9. The maximum atomic E-state index is 14.0. The smallest absolute Gasteiger partial charge is 0.246 e. The van der Waals surface area contributed by atoms with Crippen molar-refractivity contribution in [3.8, 4) is 12.3 Å². The maximum absolute atomic E-state index is 14.0. The van der Waals surface area contributed by atoms with Gasteiger partial charge in [-0.2, -0.15) is 0 Å². The van der Waals surface area contributed by atoms with Gasteiger partial charge in [0.15, 0.2) is 17.6 Å². The lowest BCUT2D eigenvalue weighted by Crippen LogP contribution is -2.45. The van der Waals surface area contributed by atoms with Gasteiger partial charge in [-0.3, -0.25) is 4.79 Å². The van der Waals surface area contributed by atoms with Crippen LogP contribution in [0.2, 0.25) is 0 Å². The molecule has 2 heterocycles. The molecular weight excluding hydrogens is 383 g/mol. The van der Waals surface area contributed by atoms with Gasteiger partial charge in [-0.1, -0.05) is 12.0 Å². The normalized spacial score (nSPS) is 16.1. The summed E-state index contributed by atoms with van der Waals surface area (Å²) in [5.41, 5.74) is 1.33. The van der Waals surface area contributed by atoms with E-state index in [9.17, 15) is 9.18 Å². The van der Waals surface area contributed by atoms with E-state index >= 15 is 0 Å². The number of benzene rings is 1. The van der Waals surface area contributed by atoms with E-state index in [1.165, 1.54) is 6.07 Å². The molecule has 1 atom stereocenters. The van der Waals surface area contributed by atoms with E-state index in [1.807, 2.05) is 11.8 Å². The fourth-order valence-corrected chi connectivity index (χ4v) is 3.23. The Morgan fingerprint density at radius 2 is 2.27 bits per heavy atom. The minimum absolute atomic E-state index is 0.0408. The van der Waals surface area contributed by atoms with Crippen LogP contribution in [0.25, 0.3) is 0 Å². The van der Waals surface area contributed by atoms with Gasteiger partial charge >= 0.3 is 0 Å². The number of aromatic nitrogens is 1. The van der Waals surface area contributed by atoms with Crippen LogP contribution in [0.1, 0.15) is 18.9 Å². The van der Waals surface area contributed by atoms with E-state index in [0.29, 0.717) is 42.7 Å². The second-order valence-electron chi connectivity index (χ2n) is 6.85. The molecule has 0 spiro atoms. The van der Waals surface area contributed by atoms with Crippen LogP contribution < -0.4 is 20.9 Å². The molecule has 7 nitrogen and oxygen atoms in total. The van der Waals surface area contributed by atoms with Gasteiger partial charge in [-0.05, 0) is 43.7 Å². The predicted molar refractivity (Wildman–Crippen MR) is 117 cm³/mol. The number of carbonyl (C=O) groups excluding carboxylic acids is 1. The zero-order valence-electron chi connectivity index (χ0n) is 16.9. The highest BCUT2D eigenvalue weighted by molar-refractivity contribution is 5.94. The maximum Gasteiger partial charge on any atom is 0.246 e. The Bertz CT molecular complexity index is 955. The van der Waals surface area contributed by atoms with Gasteiger partial charge in [0.05, 0.1) is 0 Å². The molecule has 156 valence electrons. The van der Waals surface area contributed by atoms with Crippen LogP contribution >= 0.6 is 0 Å². The van der Waals surface area contributed by atoms with Crippen LogP contribution in [-0.2, 0) is 4.79 Å². The Balaban J connectivity index is 1.56. The summed E-state index contributed by atoms with van der Waals surface area (Å²) in [4.78, 5) is 22.7. The molecule has 1 aromatic carbocycles. The highest BCUT2D eigenvalue weighted by Gasteiger charge is 2.26. The van der Waals surface area contributed by atoms with Crippen LogP contribution in [0.15, 0.2) is 47.6 Å². The first-order valence-electron chi connectivity index (χ1n) is 9.86. The number of hydrogen-bond acceptors (Lipinski definition) is 4. The van der Waals surface area contributed by atoms with Crippen molar-refractivity contribution >= 4 is 23.4 Å². The van der Waals surface area contributed by atoms with Gasteiger partial charge in [0, 0.05) is 43.1 Å². The average molecular weight is 408 g/mol. The number of anilines is 2. The molecule has 1 saturated heterocycles. The summed E-state index contributed by atoms with van der Waals surface area (Å²) in [6.45, 7) is 3.86. The monoisotopic (exact) mass is 408 g/mol. The van der Waals surface area contributed by atoms with E-state index in [2.05, 4.69) is 31.8 Å². The Hall–Kier alpha value is -3.60. The van der Waals surface area contributed by atoms with Crippen molar-refractivity contribution < 1.29 is 9.18 Å². The molecule has 1 amide bonds. The number of hydrogen-bond donors (Lipinski definition) is 3. The van der Waals surface area contributed by atoms with Gasteiger partial charge in [0.1, 0.15) is 6.54 Å². The highest BCUT2D eigenvalue weighted by atomic mass is 19.1. The molecule has 3 rings (SSSR count). The van der Waals surface area contributed by atoms with Crippen LogP contribution in [0.4, 0.5) is 15.9 Å². The first kappa shape index (κ1) is 21.1. The van der Waals surface area contributed by atoms with Gasteiger partial charge in [-0.15, -0.1) is 6.42 Å². The fourth-order valence-electron chi connectivity index (χ4n) is 3.23. The third-order valence-electron chi connectivity index (χ3n) is 4.61. The molecule has 1 aromatic heterocycles. The number of aliphatic imine (C=N–C) groups is 1. The number of amides is 1. The summed E-state index contributed by atoms with van der Waals surface area (Å²) >= 11 is 0. The van der Waals surface area contributed by atoms with E-state index in [4.69, 9.17) is 6.42 Å². The summed E-state index contributed by atoms with van der Waals surface area (Å²) in [6, 6.07) is 10.1. The largest absolute Gasteiger partial charge is 0.357 e. The van der Waals surface area contributed by atoms with Crippen LogP contribution in [-0.4, -0.2) is 49.1 Å². The van der Waals surface area contributed by atoms with Crippen LogP contribution in [0.3, 0.4) is 0 Å². The Kier molecular flexibility index (Phi) is 7.22. The lowest BCUT2D eigenvalue weighted by atomic mass is 10.2. The molecule has 2 aromatic rings. The predicted octanol–water partition coefficient (Wildman–Crippen LogP) is 1.97. The van der Waals surface area contributed by atoms with E-state index in [-0.39, 0.29) is 24.3 Å². The van der Waals surface area contributed by atoms with Crippen molar-refractivity contribution in [3.63, 3.8) is 0 Å². The van der Waals surface area contributed by atoms with Crippen molar-refractivity contribution in [2.45, 2.75) is 19.4 Å². The number of carbonyl (C=O) groups is 1. The van der Waals surface area contributed by atoms with Crippen LogP contribution in [0, 0.1) is 18.2 Å². The lowest BCUT2D eigenvalue weighted by Gasteiger charge is -2.19. The van der Waals surface area contributed by atoms with E-state index in [0.717, 1.165) is 6.42 Å². The standard InChI is InChI=1S/C22H25FN6O/c1-3-16-7-5-8-17(13-16)27-20(30)14-26-22(24-4-2)28-18-10-12-29(15-18)21-19(23)9-6-11-25-21/h1,5-9,11,13,18H,4,10,12,14-15H2,2H3,(H,27,30)(H2,24,26,28). The van der Waals surface area contributed by atoms with Gasteiger partial charge in [0.2, 0.25) is 5.91 Å². The topological polar surface area (TPSA) is 81.6 Å². The second kappa shape index (κ2) is 10.3. The first-order chi connectivity index (χ1) is 14.6. The van der Waals surface area contributed by atoms with E-state index in [1.54, 1.807) is 36.5 Å². The Morgan fingerprint density at radius 3 is 3.03 bits per heavy atom. The molecule has 1 aliphatic heterocycles. The Labute approximate surface area is 175 Å². The molecule has 1 fully saturated rings. The van der Waals surface area contributed by atoms with Gasteiger partial charge in [0.25, 0.3) is 0 Å². The van der Waals surface area contributed by atoms with Crippen molar-refractivity contribution in [2.24, 2.45) is 4.99 Å². The number of nitrogens with zero attached hydrogens (tertiary/aromatic N) is 3. The van der Waals surface area contributed by atoms with Crippen molar-refractivity contribution in [3.05, 3.63) is 54.0 Å². The number of guanidine groups is 1. The number of nitrogens with one attached hydrogen (secondary N) is 3. The minimum Gasteiger partial charge on any atom is -0.357 e. The van der Waals surface area contributed by atoms with E-state index < -0.39 is 0 Å². The molecule has 1 aliphatic rings. The first-order valence-corrected chi connectivity index (χ1v) is 9.86. The Morgan fingerprint density at radius 1 is 1.40 bits per heavy atom. The molecule has 0 saturated carbocycles. The number of terminal acetylenes is 1. The summed E-state index contributed by atoms with van der Waals surface area (Å²) < 4.78 is 14.0. The quantitative estimate of drug-likeness (QED) is 0.387. The number of halogens is 1. The zero-order chi connectivity index (χ0) is 21.3. The number of rotatable bonds is 6. The van der Waals surface area contributed by atoms with Crippen molar-refractivity contribution in [2.75, 3.05) is 36.4 Å².